The molecule has 1 aromatic carbocycles. The van der Waals surface area contributed by atoms with Crippen LogP contribution in [0.15, 0.2) is 24.3 Å². The van der Waals surface area contributed by atoms with Gasteiger partial charge in [0.2, 0.25) is 0 Å². The lowest BCUT2D eigenvalue weighted by Gasteiger charge is -2.68. The van der Waals surface area contributed by atoms with E-state index in [1.807, 2.05) is 12.1 Å². The summed E-state index contributed by atoms with van der Waals surface area (Å²) in [6.07, 6.45) is 3.54. The Morgan fingerprint density at radius 1 is 1.20 bits per heavy atom. The molecular weight excluding hydrogens is 258 g/mol. The smallest absolute Gasteiger partial charge is 0.258 e. The number of alkyl halides is 1. The number of benzene rings is 1. The van der Waals surface area contributed by atoms with Crippen LogP contribution in [0.4, 0.5) is 5.69 Å². The van der Waals surface area contributed by atoms with Gasteiger partial charge in [-0.25, -0.2) is 0 Å². The maximum absolute atomic E-state index is 10.5. The van der Waals surface area contributed by atoms with Crippen molar-refractivity contribution >= 4 is 21.6 Å². The first-order chi connectivity index (χ1) is 7.03. The van der Waals surface area contributed by atoms with Crippen LogP contribution in [0, 0.1) is 10.1 Å². The Morgan fingerprint density at radius 2 is 1.73 bits per heavy atom. The van der Waals surface area contributed by atoms with Crippen molar-refractivity contribution in [1.82, 2.24) is 0 Å². The third-order valence-corrected chi connectivity index (χ3v) is 4.50. The molecule has 0 heterocycles. The molecule has 0 unspecified atom stereocenters. The van der Waals surface area contributed by atoms with Crippen LogP contribution in [0.3, 0.4) is 0 Å². The highest BCUT2D eigenvalue weighted by Crippen LogP contribution is 2.72. The summed E-state index contributed by atoms with van der Waals surface area (Å²) >= 11 is 3.69. The van der Waals surface area contributed by atoms with Crippen molar-refractivity contribution in [1.29, 1.82) is 0 Å². The van der Waals surface area contributed by atoms with Gasteiger partial charge in [-0.1, -0.05) is 28.1 Å². The van der Waals surface area contributed by atoms with Crippen molar-refractivity contribution in [2.45, 2.75) is 29.0 Å². The summed E-state index contributed by atoms with van der Waals surface area (Å²) in [7, 11) is 0. The minimum absolute atomic E-state index is 0.180. The Hall–Kier alpha value is -0.900. The molecule has 3 nitrogen and oxygen atoms in total. The summed E-state index contributed by atoms with van der Waals surface area (Å²) < 4.78 is 0.398. The molecule has 0 spiro atoms. The summed E-state index contributed by atoms with van der Waals surface area (Å²) in [5, 5.41) is 10.5. The van der Waals surface area contributed by atoms with E-state index in [9.17, 15) is 10.1 Å². The van der Waals surface area contributed by atoms with E-state index in [0.29, 0.717) is 9.74 Å². The van der Waals surface area contributed by atoms with Crippen molar-refractivity contribution < 1.29 is 4.92 Å². The van der Waals surface area contributed by atoms with Gasteiger partial charge in [0.05, 0.1) is 4.92 Å². The molecule has 0 N–H and O–H groups in total. The van der Waals surface area contributed by atoms with Crippen LogP contribution in [0.1, 0.15) is 24.8 Å². The number of nitro benzene ring substituents is 1. The first-order valence-electron chi connectivity index (χ1n) is 4.97. The molecule has 0 saturated heterocycles. The van der Waals surface area contributed by atoms with Gasteiger partial charge in [0.15, 0.2) is 0 Å². The topological polar surface area (TPSA) is 43.1 Å². The van der Waals surface area contributed by atoms with Crippen LogP contribution in [-0.4, -0.2) is 9.25 Å². The van der Waals surface area contributed by atoms with E-state index in [0.717, 1.165) is 0 Å². The van der Waals surface area contributed by atoms with E-state index in [4.69, 9.17) is 0 Å². The van der Waals surface area contributed by atoms with Gasteiger partial charge in [-0.2, -0.15) is 0 Å². The molecule has 78 valence electrons. The molecule has 2 bridgehead atoms. The van der Waals surface area contributed by atoms with Crippen LogP contribution in [-0.2, 0) is 5.41 Å². The highest BCUT2D eigenvalue weighted by Gasteiger charge is 2.67. The Labute approximate surface area is 95.8 Å². The summed E-state index contributed by atoms with van der Waals surface area (Å²) in [6.45, 7) is 0. The number of nitrogens with zero attached hydrogens (tertiary/aromatic N) is 1. The van der Waals surface area contributed by atoms with E-state index >= 15 is 0 Å². The molecule has 0 aliphatic heterocycles. The number of hydrogen-bond acceptors (Lipinski definition) is 2. The quantitative estimate of drug-likeness (QED) is 0.469. The van der Waals surface area contributed by atoms with Gasteiger partial charge in [-0.3, -0.25) is 10.1 Å². The van der Waals surface area contributed by atoms with Gasteiger partial charge in [0, 0.05) is 16.5 Å². The zero-order chi connectivity index (χ0) is 10.7. The van der Waals surface area contributed by atoms with Gasteiger partial charge in [0.1, 0.15) is 0 Å². The van der Waals surface area contributed by atoms with Crippen LogP contribution >= 0.6 is 15.9 Å². The standard InChI is InChI=1S/C11H10BrNO2/c12-11-5-10(6-11,7-11)8-1-3-9(4-2-8)13(14)15/h1-4H,5-7H2. The van der Waals surface area contributed by atoms with Gasteiger partial charge in [-0.05, 0) is 30.2 Å². The molecule has 1 aromatic rings. The first kappa shape index (κ1) is 9.33. The number of hydrogen-bond donors (Lipinski definition) is 0. The molecule has 3 saturated carbocycles. The van der Waals surface area contributed by atoms with Crippen molar-refractivity contribution in [3.8, 4) is 0 Å². The minimum Gasteiger partial charge on any atom is -0.258 e. The molecule has 15 heavy (non-hydrogen) atoms. The lowest BCUT2D eigenvalue weighted by Crippen LogP contribution is -2.66. The molecule has 0 amide bonds. The Morgan fingerprint density at radius 3 is 2.13 bits per heavy atom. The van der Waals surface area contributed by atoms with E-state index in [1.54, 1.807) is 12.1 Å². The molecule has 3 aliphatic carbocycles. The average molecular weight is 268 g/mol. The fourth-order valence-electron chi connectivity index (χ4n) is 2.91. The van der Waals surface area contributed by atoms with Gasteiger partial charge in [0.25, 0.3) is 5.69 Å². The number of nitro groups is 1. The van der Waals surface area contributed by atoms with Gasteiger partial charge < -0.3 is 0 Å². The zero-order valence-corrected chi connectivity index (χ0v) is 9.66. The summed E-state index contributed by atoms with van der Waals surface area (Å²) in [5.41, 5.74) is 1.77. The van der Waals surface area contributed by atoms with Crippen molar-refractivity contribution in [2.24, 2.45) is 0 Å². The second-order valence-electron chi connectivity index (χ2n) is 4.77. The second kappa shape index (κ2) is 2.61. The zero-order valence-electron chi connectivity index (χ0n) is 8.07. The number of non-ortho nitro benzene ring substituents is 1. The third-order valence-electron chi connectivity index (χ3n) is 3.66. The van der Waals surface area contributed by atoms with Crippen LogP contribution in [0.5, 0.6) is 0 Å². The maximum atomic E-state index is 10.5. The van der Waals surface area contributed by atoms with Crippen LogP contribution in [0.2, 0.25) is 0 Å². The predicted octanol–water partition coefficient (Wildman–Crippen LogP) is 3.16. The molecular formula is C11H10BrNO2. The van der Waals surface area contributed by atoms with Crippen molar-refractivity contribution in [3.05, 3.63) is 39.9 Å². The van der Waals surface area contributed by atoms with Crippen LogP contribution in [0.25, 0.3) is 0 Å². The summed E-state index contributed by atoms with van der Waals surface area (Å²) in [5.74, 6) is 0. The summed E-state index contributed by atoms with van der Waals surface area (Å²) in [6, 6.07) is 7.03. The average Bonchev–Trinajstić information content (AvgIpc) is 2.12. The maximum Gasteiger partial charge on any atom is 0.269 e. The molecule has 0 atom stereocenters. The number of rotatable bonds is 2. The fourth-order valence-corrected chi connectivity index (χ4v) is 4.52. The van der Waals surface area contributed by atoms with Crippen molar-refractivity contribution in [2.75, 3.05) is 0 Å². The molecule has 3 fully saturated rings. The van der Waals surface area contributed by atoms with E-state index < -0.39 is 0 Å². The Kier molecular flexibility index (Phi) is 1.63. The predicted molar refractivity (Wildman–Crippen MR) is 60.3 cm³/mol. The molecule has 4 heteroatoms. The Bertz CT molecular complexity index is 421. The van der Waals surface area contributed by atoms with Gasteiger partial charge in [-0.15, -0.1) is 0 Å². The van der Waals surface area contributed by atoms with E-state index in [1.165, 1.54) is 24.8 Å². The molecule has 4 rings (SSSR count). The molecule has 3 aliphatic rings. The first-order valence-corrected chi connectivity index (χ1v) is 5.76. The Balaban J connectivity index is 1.86. The lowest BCUT2D eigenvalue weighted by atomic mass is 9.42. The monoisotopic (exact) mass is 267 g/mol. The second-order valence-corrected chi connectivity index (χ2v) is 6.45. The SMILES string of the molecule is O=[N+]([O-])c1ccc(C23CC(Br)(C2)C3)cc1. The van der Waals surface area contributed by atoms with Gasteiger partial charge >= 0.3 is 0 Å². The van der Waals surface area contributed by atoms with E-state index in [-0.39, 0.29) is 10.6 Å². The largest absolute Gasteiger partial charge is 0.269 e. The van der Waals surface area contributed by atoms with Crippen LogP contribution < -0.4 is 0 Å². The number of halogens is 1. The lowest BCUT2D eigenvalue weighted by molar-refractivity contribution is -0.384. The molecule has 0 radical (unpaired) electrons. The highest BCUT2D eigenvalue weighted by atomic mass is 79.9. The van der Waals surface area contributed by atoms with Crippen molar-refractivity contribution in [3.63, 3.8) is 0 Å². The normalized spacial score (nSPS) is 36.6. The fraction of sp³-hybridized carbons (Fsp3) is 0.455. The third kappa shape index (κ3) is 1.17. The minimum atomic E-state index is -0.349. The van der Waals surface area contributed by atoms with E-state index in [2.05, 4.69) is 15.9 Å². The molecule has 0 aromatic heterocycles. The summed E-state index contributed by atoms with van der Waals surface area (Å²) in [4.78, 5) is 10.2. The highest BCUT2D eigenvalue weighted by molar-refractivity contribution is 9.10.